The molecule has 290 valence electrons. The molecule has 4 aromatic heterocycles. The highest BCUT2D eigenvalue weighted by Gasteiger charge is 2.26. The second kappa shape index (κ2) is 14.1. The molecule has 0 unspecified atom stereocenters. The Labute approximate surface area is 331 Å². The van der Waals surface area contributed by atoms with Gasteiger partial charge in [-0.25, -0.2) is 23.7 Å². The van der Waals surface area contributed by atoms with E-state index in [-0.39, 0.29) is 11.5 Å². The highest BCUT2D eigenvalue weighted by molar-refractivity contribution is 6.33. The van der Waals surface area contributed by atoms with Gasteiger partial charge >= 0.3 is 0 Å². The lowest BCUT2D eigenvalue weighted by atomic mass is 9.99. The van der Waals surface area contributed by atoms with Gasteiger partial charge in [-0.1, -0.05) is 29.8 Å². The van der Waals surface area contributed by atoms with Crippen molar-refractivity contribution in [2.45, 2.75) is 32.4 Å². The number of benzene rings is 3. The highest BCUT2D eigenvalue weighted by Crippen LogP contribution is 2.38. The van der Waals surface area contributed by atoms with Gasteiger partial charge in [-0.05, 0) is 86.0 Å². The summed E-state index contributed by atoms with van der Waals surface area (Å²) in [7, 11) is 1.65. The van der Waals surface area contributed by atoms with Crippen LogP contribution in [0.4, 0.5) is 21.7 Å². The normalized spacial score (nSPS) is 15.0. The lowest BCUT2D eigenvalue weighted by Gasteiger charge is -2.36. The van der Waals surface area contributed by atoms with Crippen LogP contribution in [0.3, 0.4) is 0 Å². The van der Waals surface area contributed by atoms with Crippen LogP contribution in [0.25, 0.3) is 39.0 Å². The number of amides is 1. The predicted octanol–water partition coefficient (Wildman–Crippen LogP) is 6.03. The smallest absolute Gasteiger partial charge is 0.277 e. The van der Waals surface area contributed by atoms with Gasteiger partial charge in [0.1, 0.15) is 16.8 Å². The van der Waals surface area contributed by atoms with Crippen LogP contribution in [0.5, 0.6) is 0 Å². The molecule has 57 heavy (non-hydrogen) atoms. The third-order valence-electron chi connectivity index (χ3n) is 10.8. The van der Waals surface area contributed by atoms with Crippen molar-refractivity contribution in [2.24, 2.45) is 7.05 Å². The number of aromatic amines is 1. The molecule has 1 saturated heterocycles. The van der Waals surface area contributed by atoms with Gasteiger partial charge in [0.15, 0.2) is 11.5 Å². The molecular formula is C42H40ClFN10O3. The van der Waals surface area contributed by atoms with Crippen LogP contribution in [0.1, 0.15) is 41.0 Å². The van der Waals surface area contributed by atoms with Crippen molar-refractivity contribution >= 4 is 56.8 Å². The SMILES string of the molecule is Cn1c(=O)c2cnc(Nc3ccc(N4CCN(Cc5ccc(-c6[nH]c7cc(F)cc8c7c6CCNC8=O)c(Cl)c5)CC4)cc3)nc2n1-c1cccc(C(C)(C)O)n1. The van der Waals surface area contributed by atoms with Crippen LogP contribution in [0.2, 0.25) is 5.02 Å². The molecule has 0 atom stereocenters. The van der Waals surface area contributed by atoms with Crippen molar-refractivity contribution in [3.8, 4) is 17.1 Å². The summed E-state index contributed by atoms with van der Waals surface area (Å²) in [5.41, 5.74) is 6.01. The van der Waals surface area contributed by atoms with Gasteiger partial charge in [0.05, 0.1) is 22.0 Å². The lowest BCUT2D eigenvalue weighted by Crippen LogP contribution is -2.45. The fourth-order valence-corrected chi connectivity index (χ4v) is 8.18. The van der Waals surface area contributed by atoms with E-state index in [2.05, 4.69) is 53.6 Å². The minimum Gasteiger partial charge on any atom is -0.384 e. The molecule has 13 nitrogen and oxygen atoms in total. The summed E-state index contributed by atoms with van der Waals surface area (Å²) in [5.74, 6) is 0.0580. The number of nitrogens with one attached hydrogen (secondary N) is 3. The number of rotatable bonds is 8. The molecule has 2 aliphatic heterocycles. The van der Waals surface area contributed by atoms with E-state index in [0.717, 1.165) is 71.9 Å². The van der Waals surface area contributed by atoms with Crippen LogP contribution < -0.4 is 21.1 Å². The van der Waals surface area contributed by atoms with Crippen molar-refractivity contribution in [3.63, 3.8) is 0 Å². The van der Waals surface area contributed by atoms with Crippen LogP contribution in [-0.4, -0.2) is 77.9 Å². The molecule has 0 bridgehead atoms. The number of hydrogen-bond acceptors (Lipinski definition) is 9. The monoisotopic (exact) mass is 786 g/mol. The van der Waals surface area contributed by atoms with Gasteiger partial charge < -0.3 is 25.6 Å². The largest absolute Gasteiger partial charge is 0.384 e. The van der Waals surface area contributed by atoms with E-state index >= 15 is 0 Å². The first kappa shape index (κ1) is 36.5. The maximum absolute atomic E-state index is 14.4. The van der Waals surface area contributed by atoms with Gasteiger partial charge in [-0.15, -0.1) is 0 Å². The number of carbonyl (C=O) groups is 1. The first-order valence-corrected chi connectivity index (χ1v) is 19.2. The number of aromatic nitrogens is 6. The van der Waals surface area contributed by atoms with Crippen LogP contribution in [-0.2, 0) is 25.6 Å². The number of aliphatic hydroxyl groups is 1. The zero-order chi connectivity index (χ0) is 39.6. The Morgan fingerprint density at radius 1 is 0.965 bits per heavy atom. The number of pyridine rings is 1. The molecule has 4 N–H and O–H groups in total. The molecule has 6 heterocycles. The number of fused-ring (bicyclic) bond motifs is 1. The van der Waals surface area contributed by atoms with Gasteiger partial charge in [0.2, 0.25) is 5.95 Å². The number of H-pyrrole nitrogens is 1. The summed E-state index contributed by atoms with van der Waals surface area (Å²) in [6.45, 7) is 8.01. The number of nitrogens with zero attached hydrogens (tertiary/aromatic N) is 7. The Balaban J connectivity index is 0.853. The second-order valence-electron chi connectivity index (χ2n) is 15.1. The third-order valence-corrected chi connectivity index (χ3v) is 11.1. The number of piperazine rings is 1. The Bertz CT molecular complexity index is 2760. The maximum Gasteiger partial charge on any atom is 0.277 e. The van der Waals surface area contributed by atoms with Crippen LogP contribution in [0.15, 0.2) is 83.8 Å². The minimum atomic E-state index is -1.16. The molecule has 0 aliphatic carbocycles. The van der Waals surface area contributed by atoms with Gasteiger partial charge in [0.25, 0.3) is 11.5 Å². The van der Waals surface area contributed by atoms with E-state index in [4.69, 9.17) is 16.6 Å². The first-order chi connectivity index (χ1) is 27.4. The minimum absolute atomic E-state index is 0.254. The summed E-state index contributed by atoms with van der Waals surface area (Å²) < 4.78 is 17.5. The van der Waals surface area contributed by atoms with E-state index in [1.54, 1.807) is 43.8 Å². The van der Waals surface area contributed by atoms with Crippen molar-refractivity contribution in [2.75, 3.05) is 42.9 Å². The summed E-state index contributed by atoms with van der Waals surface area (Å²) in [5, 5.41) is 18.4. The van der Waals surface area contributed by atoms with Crippen molar-refractivity contribution in [3.05, 3.63) is 123 Å². The zero-order valence-corrected chi connectivity index (χ0v) is 32.4. The van der Waals surface area contributed by atoms with Gasteiger partial charge in [-0.2, -0.15) is 4.98 Å². The number of anilines is 3. The topological polar surface area (TPSA) is 149 Å². The fraction of sp³-hybridized carbons (Fsp3) is 0.262. The Hall–Kier alpha value is -6.09. The van der Waals surface area contributed by atoms with Crippen LogP contribution >= 0.6 is 11.6 Å². The maximum atomic E-state index is 14.4. The van der Waals surface area contributed by atoms with E-state index in [1.807, 2.05) is 24.3 Å². The number of hydrogen-bond donors (Lipinski definition) is 4. The van der Waals surface area contributed by atoms with E-state index < -0.39 is 11.4 Å². The molecule has 3 aromatic carbocycles. The fourth-order valence-electron chi connectivity index (χ4n) is 7.88. The number of halogens is 2. The quantitative estimate of drug-likeness (QED) is 0.145. The third kappa shape index (κ3) is 6.79. The molecule has 1 amide bonds. The lowest BCUT2D eigenvalue weighted by molar-refractivity contribution is 0.0737. The zero-order valence-electron chi connectivity index (χ0n) is 31.6. The average molecular weight is 787 g/mol. The Morgan fingerprint density at radius 3 is 2.51 bits per heavy atom. The average Bonchev–Trinajstić information content (AvgIpc) is 3.60. The summed E-state index contributed by atoms with van der Waals surface area (Å²) >= 11 is 6.91. The van der Waals surface area contributed by atoms with E-state index in [1.165, 1.54) is 23.0 Å². The highest BCUT2D eigenvalue weighted by atomic mass is 35.5. The molecule has 0 saturated carbocycles. The van der Waals surface area contributed by atoms with Gasteiger partial charge in [-0.3, -0.25) is 14.5 Å². The summed E-state index contributed by atoms with van der Waals surface area (Å²) in [6, 6.07) is 22.2. The molecule has 2 aliphatic rings. The molecular weight excluding hydrogens is 747 g/mol. The molecule has 7 aromatic rings. The van der Waals surface area contributed by atoms with Crippen molar-refractivity contribution < 1.29 is 14.3 Å². The summed E-state index contributed by atoms with van der Waals surface area (Å²) in [6.07, 6.45) is 2.13. The predicted molar refractivity (Wildman–Crippen MR) is 219 cm³/mol. The van der Waals surface area contributed by atoms with Crippen molar-refractivity contribution in [1.82, 2.24) is 39.5 Å². The standard InChI is InChI=1S/C42H40ClFN10O3/c1-42(2,57)34-5-4-6-35(49-34)54-38-31(40(56)51(54)3)22-46-41(50-38)47-26-8-10-27(11-9-26)53-17-15-52(16-18-53)23-24-7-12-28(32(43)19-24)37-29-13-14-45-39(55)30-20-25(44)21-33(48-37)36(29)30/h4-12,19-22,48,57H,13-18,23H2,1-3H3,(H,45,55)(H,46,47,50). The van der Waals surface area contributed by atoms with Crippen molar-refractivity contribution in [1.29, 1.82) is 0 Å². The van der Waals surface area contributed by atoms with Gasteiger partial charge in [0, 0.05) is 80.4 Å². The summed E-state index contributed by atoms with van der Waals surface area (Å²) in [4.78, 5) is 47.5. The molecule has 1 fully saturated rings. The van der Waals surface area contributed by atoms with Crippen LogP contribution in [0, 0.1) is 5.82 Å². The first-order valence-electron chi connectivity index (χ1n) is 18.8. The second-order valence-corrected chi connectivity index (χ2v) is 15.5. The molecule has 9 rings (SSSR count). The van der Waals surface area contributed by atoms with E-state index in [9.17, 15) is 19.1 Å². The van der Waals surface area contributed by atoms with E-state index in [0.29, 0.717) is 57.6 Å². The molecule has 0 radical (unpaired) electrons. The molecule has 15 heteroatoms. The Morgan fingerprint density at radius 2 is 1.75 bits per heavy atom. The molecule has 0 spiro atoms. The Kier molecular flexibility index (Phi) is 9.06. The number of carbonyl (C=O) groups excluding carboxylic acids is 1.